The van der Waals surface area contributed by atoms with E-state index in [2.05, 4.69) is 31.9 Å². The monoisotopic (exact) mass is 327 g/mol. The van der Waals surface area contributed by atoms with Crippen molar-refractivity contribution in [2.24, 2.45) is 5.73 Å². The molecule has 106 valence electrons. The molecule has 0 saturated carbocycles. The summed E-state index contributed by atoms with van der Waals surface area (Å²) in [5, 5.41) is 0. The van der Waals surface area contributed by atoms with Crippen molar-refractivity contribution in [3.63, 3.8) is 0 Å². The number of nitrogens with two attached hydrogens (primary N) is 1. The second-order valence-corrected chi connectivity index (χ2v) is 5.87. The van der Waals surface area contributed by atoms with Crippen LogP contribution in [0.2, 0.25) is 0 Å². The van der Waals surface area contributed by atoms with E-state index < -0.39 is 0 Å². The third kappa shape index (κ3) is 5.18. The van der Waals surface area contributed by atoms with Gasteiger partial charge >= 0.3 is 0 Å². The maximum absolute atomic E-state index is 5.81. The van der Waals surface area contributed by atoms with Gasteiger partial charge in [-0.3, -0.25) is 9.88 Å². The van der Waals surface area contributed by atoms with Crippen LogP contribution in [0.15, 0.2) is 22.8 Å². The lowest BCUT2D eigenvalue weighted by molar-refractivity contribution is 0.00540. The molecule has 0 aromatic carbocycles. The molecular formula is C14H22BrN3O. The molecule has 4 nitrogen and oxygen atoms in total. The number of hydrogen-bond donors (Lipinski definition) is 1. The molecule has 0 atom stereocenters. The smallest absolute Gasteiger partial charge is 0.0599 e. The van der Waals surface area contributed by atoms with Gasteiger partial charge in [-0.15, -0.1) is 0 Å². The van der Waals surface area contributed by atoms with E-state index in [1.54, 1.807) is 0 Å². The van der Waals surface area contributed by atoms with Crippen LogP contribution >= 0.6 is 15.9 Å². The highest BCUT2D eigenvalue weighted by molar-refractivity contribution is 9.10. The molecule has 0 bridgehead atoms. The third-order valence-corrected chi connectivity index (χ3v) is 3.88. The van der Waals surface area contributed by atoms with Gasteiger partial charge in [-0.25, -0.2) is 0 Å². The van der Waals surface area contributed by atoms with Gasteiger partial charge in [0.2, 0.25) is 0 Å². The average Bonchev–Trinajstić information content (AvgIpc) is 2.44. The number of likely N-dealkylation sites (tertiary alicyclic amines) is 1. The summed E-state index contributed by atoms with van der Waals surface area (Å²) in [6, 6.07) is 4.12. The van der Waals surface area contributed by atoms with Crippen LogP contribution in [0.5, 0.6) is 0 Å². The Bertz CT molecular complexity index is 363. The summed E-state index contributed by atoms with van der Waals surface area (Å²) in [4.78, 5) is 6.86. The third-order valence-electron chi connectivity index (χ3n) is 3.41. The van der Waals surface area contributed by atoms with E-state index in [1.807, 2.05) is 12.3 Å². The maximum atomic E-state index is 5.81. The lowest BCUT2D eigenvalue weighted by atomic mass is 10.1. The molecular weight excluding hydrogens is 306 g/mol. The van der Waals surface area contributed by atoms with Gasteiger partial charge in [-0.1, -0.05) is 0 Å². The molecule has 0 radical (unpaired) electrons. The Morgan fingerprint density at radius 3 is 2.79 bits per heavy atom. The summed E-state index contributed by atoms with van der Waals surface area (Å²) in [5.74, 6) is 0. The zero-order valence-corrected chi connectivity index (χ0v) is 12.8. The molecule has 5 heteroatoms. The van der Waals surface area contributed by atoms with E-state index in [0.717, 1.165) is 55.7 Å². The molecule has 2 N–H and O–H groups in total. The van der Waals surface area contributed by atoms with Crippen molar-refractivity contribution in [2.75, 3.05) is 26.2 Å². The predicted molar refractivity (Wildman–Crippen MR) is 79.9 cm³/mol. The zero-order valence-electron chi connectivity index (χ0n) is 11.2. The summed E-state index contributed by atoms with van der Waals surface area (Å²) < 4.78 is 6.84. The molecule has 1 saturated heterocycles. The van der Waals surface area contributed by atoms with Gasteiger partial charge in [0.05, 0.1) is 11.8 Å². The molecule has 1 aliphatic heterocycles. The first-order valence-electron chi connectivity index (χ1n) is 6.92. The summed E-state index contributed by atoms with van der Waals surface area (Å²) in [7, 11) is 0. The number of piperidine rings is 1. The van der Waals surface area contributed by atoms with Crippen LogP contribution < -0.4 is 5.73 Å². The Kier molecular flexibility index (Phi) is 6.23. The van der Waals surface area contributed by atoms with Crippen molar-refractivity contribution in [2.45, 2.75) is 31.9 Å². The molecule has 0 unspecified atom stereocenters. The quantitative estimate of drug-likeness (QED) is 0.813. The minimum Gasteiger partial charge on any atom is -0.378 e. The SMILES string of the molecule is NCCCOC1CCN(Cc2ccc(Br)cn2)CC1. The molecule has 2 heterocycles. The Hall–Kier alpha value is -0.490. The normalized spacial score (nSPS) is 17.8. The Labute approximate surface area is 123 Å². The molecule has 0 spiro atoms. The van der Waals surface area contributed by atoms with Crippen LogP contribution in [0.4, 0.5) is 0 Å². The summed E-state index contributed by atoms with van der Waals surface area (Å²) in [6.07, 6.45) is 5.46. The molecule has 2 rings (SSSR count). The second-order valence-electron chi connectivity index (χ2n) is 4.96. The van der Waals surface area contributed by atoms with E-state index in [0.29, 0.717) is 12.6 Å². The second kappa shape index (κ2) is 7.94. The first kappa shape index (κ1) is 14.9. The fourth-order valence-electron chi connectivity index (χ4n) is 2.30. The minimum atomic E-state index is 0.417. The number of aromatic nitrogens is 1. The Morgan fingerprint density at radius 1 is 1.37 bits per heavy atom. The number of ether oxygens (including phenoxy) is 1. The van der Waals surface area contributed by atoms with Gasteiger partial charge in [-0.05, 0) is 53.9 Å². The van der Waals surface area contributed by atoms with Gasteiger partial charge in [-0.2, -0.15) is 0 Å². The lowest BCUT2D eigenvalue weighted by Crippen LogP contribution is -2.37. The van der Waals surface area contributed by atoms with E-state index in [1.165, 1.54) is 0 Å². The standard InChI is InChI=1S/C14H22BrN3O/c15-12-2-3-13(17-10-12)11-18-7-4-14(5-8-18)19-9-1-6-16/h2-3,10,14H,1,4-9,11,16H2. The highest BCUT2D eigenvalue weighted by atomic mass is 79.9. The van der Waals surface area contributed by atoms with Crippen LogP contribution in [0.3, 0.4) is 0 Å². The first-order valence-corrected chi connectivity index (χ1v) is 7.71. The maximum Gasteiger partial charge on any atom is 0.0599 e. The van der Waals surface area contributed by atoms with Gasteiger partial charge in [0.15, 0.2) is 0 Å². The van der Waals surface area contributed by atoms with Crippen molar-refractivity contribution in [1.29, 1.82) is 0 Å². The van der Waals surface area contributed by atoms with Crippen molar-refractivity contribution in [3.05, 3.63) is 28.5 Å². The zero-order chi connectivity index (χ0) is 13.5. The fraction of sp³-hybridized carbons (Fsp3) is 0.643. The fourth-order valence-corrected chi connectivity index (χ4v) is 2.53. The van der Waals surface area contributed by atoms with Crippen molar-refractivity contribution in [1.82, 2.24) is 9.88 Å². The van der Waals surface area contributed by atoms with Crippen LogP contribution in [0.25, 0.3) is 0 Å². The first-order chi connectivity index (χ1) is 9.28. The molecule has 1 fully saturated rings. The summed E-state index contributed by atoms with van der Waals surface area (Å²) in [5.41, 5.74) is 6.59. The molecule has 1 aromatic heterocycles. The van der Waals surface area contributed by atoms with Crippen LogP contribution in [0, 0.1) is 0 Å². The average molecular weight is 328 g/mol. The van der Waals surface area contributed by atoms with E-state index in [-0.39, 0.29) is 0 Å². The Balaban J connectivity index is 1.69. The number of nitrogens with zero attached hydrogens (tertiary/aromatic N) is 2. The number of rotatable bonds is 6. The van der Waals surface area contributed by atoms with E-state index >= 15 is 0 Å². The number of halogens is 1. The van der Waals surface area contributed by atoms with Gasteiger partial charge in [0, 0.05) is 36.9 Å². The van der Waals surface area contributed by atoms with Crippen LogP contribution in [-0.4, -0.2) is 42.2 Å². The largest absolute Gasteiger partial charge is 0.378 e. The van der Waals surface area contributed by atoms with Crippen molar-refractivity contribution >= 4 is 15.9 Å². The van der Waals surface area contributed by atoms with Crippen LogP contribution in [-0.2, 0) is 11.3 Å². The van der Waals surface area contributed by atoms with Gasteiger partial charge in [0.25, 0.3) is 0 Å². The lowest BCUT2D eigenvalue weighted by Gasteiger charge is -2.31. The predicted octanol–water partition coefficient (Wildman–Crippen LogP) is 2.17. The molecule has 1 aromatic rings. The highest BCUT2D eigenvalue weighted by Crippen LogP contribution is 2.16. The van der Waals surface area contributed by atoms with Crippen LogP contribution in [0.1, 0.15) is 25.0 Å². The molecule has 0 amide bonds. The number of hydrogen-bond acceptors (Lipinski definition) is 4. The van der Waals surface area contributed by atoms with Crippen molar-refractivity contribution in [3.8, 4) is 0 Å². The van der Waals surface area contributed by atoms with Gasteiger partial charge < -0.3 is 10.5 Å². The molecule has 1 aliphatic rings. The number of pyridine rings is 1. The van der Waals surface area contributed by atoms with E-state index in [9.17, 15) is 0 Å². The van der Waals surface area contributed by atoms with E-state index in [4.69, 9.17) is 10.5 Å². The molecule has 0 aliphatic carbocycles. The summed E-state index contributed by atoms with van der Waals surface area (Å²) in [6.45, 7) is 4.63. The highest BCUT2D eigenvalue weighted by Gasteiger charge is 2.19. The molecule has 19 heavy (non-hydrogen) atoms. The van der Waals surface area contributed by atoms with Crippen molar-refractivity contribution < 1.29 is 4.74 Å². The summed E-state index contributed by atoms with van der Waals surface area (Å²) >= 11 is 3.41. The Morgan fingerprint density at radius 2 is 2.16 bits per heavy atom. The minimum absolute atomic E-state index is 0.417. The van der Waals surface area contributed by atoms with Gasteiger partial charge in [0.1, 0.15) is 0 Å². The topological polar surface area (TPSA) is 51.4 Å².